The molecular formula is C24H25N5O. The molecule has 1 amide bonds. The van der Waals surface area contributed by atoms with Crippen LogP contribution >= 0.6 is 0 Å². The lowest BCUT2D eigenvalue weighted by Gasteiger charge is -2.20. The number of amides is 1. The van der Waals surface area contributed by atoms with E-state index < -0.39 is 0 Å². The Labute approximate surface area is 176 Å². The molecule has 0 N–H and O–H groups in total. The summed E-state index contributed by atoms with van der Waals surface area (Å²) in [5.41, 5.74) is 7.37. The molecule has 4 aromatic rings. The minimum Gasteiger partial charge on any atom is -0.337 e. The molecule has 0 aliphatic rings. The summed E-state index contributed by atoms with van der Waals surface area (Å²) in [7, 11) is 3.70. The predicted molar refractivity (Wildman–Crippen MR) is 118 cm³/mol. The lowest BCUT2D eigenvalue weighted by atomic mass is 9.99. The van der Waals surface area contributed by atoms with Crippen molar-refractivity contribution in [2.45, 2.75) is 27.3 Å². The number of aryl methyl sites for hydroxylation is 4. The fourth-order valence-electron chi connectivity index (χ4n) is 3.66. The molecule has 0 atom stereocenters. The minimum atomic E-state index is -0.0368. The lowest BCUT2D eigenvalue weighted by Crippen LogP contribution is -2.26. The molecule has 0 saturated heterocycles. The smallest absolute Gasteiger partial charge is 0.254 e. The number of carbonyl (C=O) groups is 1. The van der Waals surface area contributed by atoms with Crippen LogP contribution in [-0.4, -0.2) is 37.6 Å². The topological polar surface area (TPSA) is 63.9 Å². The van der Waals surface area contributed by atoms with Gasteiger partial charge in [0.25, 0.3) is 5.91 Å². The Kier molecular flexibility index (Phi) is 5.08. The van der Waals surface area contributed by atoms with Crippen molar-refractivity contribution in [1.29, 1.82) is 0 Å². The normalized spacial score (nSPS) is 11.1. The van der Waals surface area contributed by atoms with Crippen LogP contribution < -0.4 is 0 Å². The van der Waals surface area contributed by atoms with Crippen molar-refractivity contribution < 1.29 is 4.79 Å². The summed E-state index contributed by atoms with van der Waals surface area (Å²) in [6, 6.07) is 9.87. The fraction of sp³-hybridized carbons (Fsp3) is 0.250. The molecule has 0 aliphatic heterocycles. The van der Waals surface area contributed by atoms with E-state index in [9.17, 15) is 4.79 Å². The minimum absolute atomic E-state index is 0.0368. The molecule has 0 spiro atoms. The molecule has 4 rings (SSSR count). The highest BCUT2D eigenvalue weighted by molar-refractivity contribution is 6.07. The van der Waals surface area contributed by atoms with E-state index >= 15 is 0 Å². The zero-order valence-corrected chi connectivity index (χ0v) is 18.0. The Morgan fingerprint density at radius 2 is 1.93 bits per heavy atom. The molecule has 152 valence electrons. The SMILES string of the molecule is Cc1cc(CN(C)C(=O)c2cc(-c3cnn(C)c3)nc3c(C)c(C)ccc23)ccn1. The number of aromatic nitrogens is 4. The van der Waals surface area contributed by atoms with Crippen molar-refractivity contribution in [1.82, 2.24) is 24.6 Å². The molecule has 0 bridgehead atoms. The van der Waals surface area contributed by atoms with Crippen molar-refractivity contribution in [3.05, 3.63) is 76.9 Å². The first-order chi connectivity index (χ1) is 14.3. The molecule has 6 nitrogen and oxygen atoms in total. The van der Waals surface area contributed by atoms with Crippen LogP contribution in [0.2, 0.25) is 0 Å². The molecule has 0 fully saturated rings. The Balaban J connectivity index is 1.81. The van der Waals surface area contributed by atoms with Crippen molar-refractivity contribution in [2.75, 3.05) is 7.05 Å². The quantitative estimate of drug-likeness (QED) is 0.515. The van der Waals surface area contributed by atoms with E-state index in [0.717, 1.165) is 44.5 Å². The van der Waals surface area contributed by atoms with E-state index in [1.165, 1.54) is 0 Å². The van der Waals surface area contributed by atoms with Gasteiger partial charge in [-0.2, -0.15) is 5.10 Å². The van der Waals surface area contributed by atoms with E-state index in [1.54, 1.807) is 22.0 Å². The number of nitrogens with zero attached hydrogens (tertiary/aromatic N) is 5. The summed E-state index contributed by atoms with van der Waals surface area (Å²) in [6.45, 7) is 6.58. The van der Waals surface area contributed by atoms with Crippen LogP contribution in [0, 0.1) is 20.8 Å². The summed E-state index contributed by atoms with van der Waals surface area (Å²) in [6.07, 6.45) is 5.46. The standard InChI is InChI=1S/C24H25N5O/c1-15-6-7-20-21(24(30)28(4)13-18-8-9-25-16(2)10-18)11-22(27-23(20)17(15)3)19-12-26-29(5)14-19/h6-12,14H,13H2,1-5H3. The largest absolute Gasteiger partial charge is 0.337 e. The first kappa shape index (κ1) is 19.8. The lowest BCUT2D eigenvalue weighted by molar-refractivity contribution is 0.0787. The third-order valence-corrected chi connectivity index (χ3v) is 5.46. The second-order valence-electron chi connectivity index (χ2n) is 7.83. The van der Waals surface area contributed by atoms with Gasteiger partial charge in [0, 0.05) is 49.7 Å². The van der Waals surface area contributed by atoms with Gasteiger partial charge in [0.15, 0.2) is 0 Å². The van der Waals surface area contributed by atoms with Crippen molar-refractivity contribution in [3.63, 3.8) is 0 Å². The predicted octanol–water partition coefficient (Wildman–Crippen LogP) is 4.23. The van der Waals surface area contributed by atoms with Gasteiger partial charge in [-0.25, -0.2) is 4.98 Å². The fourth-order valence-corrected chi connectivity index (χ4v) is 3.66. The van der Waals surface area contributed by atoms with Crippen molar-refractivity contribution in [3.8, 4) is 11.3 Å². The highest BCUT2D eigenvalue weighted by atomic mass is 16.2. The average Bonchev–Trinajstić information content (AvgIpc) is 3.16. The number of hydrogen-bond acceptors (Lipinski definition) is 4. The van der Waals surface area contributed by atoms with Crippen LogP contribution in [0.1, 0.15) is 32.7 Å². The number of benzene rings is 1. The van der Waals surface area contributed by atoms with Crippen LogP contribution in [0.15, 0.2) is 48.9 Å². The summed E-state index contributed by atoms with van der Waals surface area (Å²) >= 11 is 0. The van der Waals surface area contributed by atoms with Crippen LogP contribution in [0.25, 0.3) is 22.2 Å². The maximum atomic E-state index is 13.5. The van der Waals surface area contributed by atoms with Gasteiger partial charge in [0.05, 0.1) is 23.0 Å². The van der Waals surface area contributed by atoms with Gasteiger partial charge in [-0.1, -0.05) is 12.1 Å². The van der Waals surface area contributed by atoms with E-state index in [-0.39, 0.29) is 5.91 Å². The monoisotopic (exact) mass is 399 g/mol. The molecule has 3 heterocycles. The molecule has 30 heavy (non-hydrogen) atoms. The zero-order valence-electron chi connectivity index (χ0n) is 18.0. The molecule has 1 aromatic carbocycles. The number of hydrogen-bond donors (Lipinski definition) is 0. The third kappa shape index (κ3) is 3.68. The highest BCUT2D eigenvalue weighted by Gasteiger charge is 2.19. The summed E-state index contributed by atoms with van der Waals surface area (Å²) in [5.74, 6) is -0.0368. The van der Waals surface area contributed by atoms with Gasteiger partial charge in [0.2, 0.25) is 0 Å². The van der Waals surface area contributed by atoms with Crippen molar-refractivity contribution in [2.24, 2.45) is 7.05 Å². The highest BCUT2D eigenvalue weighted by Crippen LogP contribution is 2.29. The molecule has 6 heteroatoms. The van der Waals surface area contributed by atoms with Crippen LogP contribution in [0.4, 0.5) is 0 Å². The molecule has 0 radical (unpaired) electrons. The van der Waals surface area contributed by atoms with E-state index in [1.807, 2.05) is 57.5 Å². The molecule has 3 aromatic heterocycles. The average molecular weight is 399 g/mol. The number of pyridine rings is 2. The Morgan fingerprint density at radius 1 is 1.13 bits per heavy atom. The first-order valence-electron chi connectivity index (χ1n) is 9.90. The Hall–Kier alpha value is -3.54. The van der Waals surface area contributed by atoms with Gasteiger partial charge in [-0.3, -0.25) is 14.5 Å². The van der Waals surface area contributed by atoms with Gasteiger partial charge in [-0.05, 0) is 55.7 Å². The maximum Gasteiger partial charge on any atom is 0.254 e. The van der Waals surface area contributed by atoms with Gasteiger partial charge < -0.3 is 4.90 Å². The summed E-state index contributed by atoms with van der Waals surface area (Å²) < 4.78 is 1.74. The van der Waals surface area contributed by atoms with Gasteiger partial charge in [0.1, 0.15) is 0 Å². The van der Waals surface area contributed by atoms with Crippen LogP contribution in [-0.2, 0) is 13.6 Å². The zero-order chi connectivity index (χ0) is 21.4. The maximum absolute atomic E-state index is 13.5. The second kappa shape index (κ2) is 7.71. The molecule has 0 aliphatic carbocycles. The Morgan fingerprint density at radius 3 is 2.63 bits per heavy atom. The second-order valence-corrected chi connectivity index (χ2v) is 7.83. The van der Waals surface area contributed by atoms with Gasteiger partial charge >= 0.3 is 0 Å². The van der Waals surface area contributed by atoms with Gasteiger partial charge in [-0.15, -0.1) is 0 Å². The number of fused-ring (bicyclic) bond motifs is 1. The number of carbonyl (C=O) groups excluding carboxylic acids is 1. The number of rotatable bonds is 4. The van der Waals surface area contributed by atoms with E-state index in [0.29, 0.717) is 12.1 Å². The third-order valence-electron chi connectivity index (χ3n) is 5.46. The molecular weight excluding hydrogens is 374 g/mol. The van der Waals surface area contributed by atoms with E-state index in [2.05, 4.69) is 23.9 Å². The van der Waals surface area contributed by atoms with E-state index in [4.69, 9.17) is 4.98 Å². The first-order valence-corrected chi connectivity index (χ1v) is 9.90. The van der Waals surface area contributed by atoms with Crippen LogP contribution in [0.5, 0.6) is 0 Å². The molecule has 0 saturated carbocycles. The van der Waals surface area contributed by atoms with Crippen molar-refractivity contribution >= 4 is 16.8 Å². The molecule has 0 unspecified atom stereocenters. The van der Waals surface area contributed by atoms with Crippen LogP contribution in [0.3, 0.4) is 0 Å². The summed E-state index contributed by atoms with van der Waals surface area (Å²) in [5, 5.41) is 5.13. The summed E-state index contributed by atoms with van der Waals surface area (Å²) in [4.78, 5) is 24.4. The Bertz CT molecular complexity index is 1260.